The van der Waals surface area contributed by atoms with Gasteiger partial charge in [-0.3, -0.25) is 4.79 Å². The maximum absolute atomic E-state index is 12.0. The van der Waals surface area contributed by atoms with Crippen molar-refractivity contribution in [2.75, 3.05) is 13.2 Å². The smallest absolute Gasteiger partial charge is 0.306 e. The first-order valence-electron chi connectivity index (χ1n) is 12.2. The van der Waals surface area contributed by atoms with Crippen molar-refractivity contribution in [2.45, 2.75) is 83.5 Å². The van der Waals surface area contributed by atoms with Crippen molar-refractivity contribution in [3.63, 3.8) is 0 Å². The van der Waals surface area contributed by atoms with Crippen molar-refractivity contribution < 1.29 is 19.0 Å². The van der Waals surface area contributed by atoms with Gasteiger partial charge >= 0.3 is 5.97 Å². The minimum atomic E-state index is -0.370. The summed E-state index contributed by atoms with van der Waals surface area (Å²) in [5, 5.41) is 0. The van der Waals surface area contributed by atoms with Gasteiger partial charge in [-0.2, -0.15) is 0 Å². The lowest BCUT2D eigenvalue weighted by atomic mass is 10.1. The first-order chi connectivity index (χ1) is 15.8. The molecule has 2 rings (SSSR count). The lowest BCUT2D eigenvalue weighted by Crippen LogP contribution is -2.35. The maximum Gasteiger partial charge on any atom is 0.306 e. The summed E-state index contributed by atoms with van der Waals surface area (Å²) in [5.74, 6) is -0.151. The molecule has 1 aromatic carbocycles. The Morgan fingerprint density at radius 3 is 2.22 bits per heavy atom. The van der Waals surface area contributed by atoms with E-state index in [0.29, 0.717) is 19.6 Å². The van der Waals surface area contributed by atoms with Gasteiger partial charge in [0, 0.05) is 12.0 Å². The number of benzene rings is 1. The van der Waals surface area contributed by atoms with Crippen LogP contribution in [0.2, 0.25) is 0 Å². The highest BCUT2D eigenvalue weighted by atomic mass is 16.7. The van der Waals surface area contributed by atoms with Gasteiger partial charge in [-0.05, 0) is 38.5 Å². The summed E-state index contributed by atoms with van der Waals surface area (Å²) in [7, 11) is 0. The van der Waals surface area contributed by atoms with Crippen molar-refractivity contribution in [3.05, 3.63) is 72.4 Å². The molecule has 4 heteroatoms. The molecule has 1 heterocycles. The van der Waals surface area contributed by atoms with Crippen LogP contribution in [0.1, 0.15) is 83.0 Å². The Labute approximate surface area is 194 Å². The van der Waals surface area contributed by atoms with Gasteiger partial charge in [0.15, 0.2) is 6.29 Å². The topological polar surface area (TPSA) is 44.8 Å². The Balaban J connectivity index is 1.40. The Hall–Kier alpha value is -2.17. The minimum Gasteiger partial charge on any atom is -0.457 e. The number of allylic oxidation sites excluding steroid dienone is 6. The third kappa shape index (κ3) is 12.0. The highest BCUT2D eigenvalue weighted by molar-refractivity contribution is 5.69. The fourth-order valence-corrected chi connectivity index (χ4v) is 3.49. The second-order valence-corrected chi connectivity index (χ2v) is 8.12. The van der Waals surface area contributed by atoms with Crippen LogP contribution in [0.4, 0.5) is 0 Å². The van der Waals surface area contributed by atoms with Crippen LogP contribution in [0.15, 0.2) is 66.8 Å². The molecule has 1 aromatic rings. The highest BCUT2D eigenvalue weighted by Gasteiger charge is 2.25. The molecule has 0 N–H and O–H groups in total. The molecule has 0 spiro atoms. The normalized spacial score (nSPS) is 19.3. The molecule has 1 fully saturated rings. The average molecular weight is 441 g/mol. The van der Waals surface area contributed by atoms with Gasteiger partial charge in [-0.25, -0.2) is 0 Å². The summed E-state index contributed by atoms with van der Waals surface area (Å²) in [6.45, 7) is 2.91. The largest absolute Gasteiger partial charge is 0.457 e. The van der Waals surface area contributed by atoms with E-state index in [4.69, 9.17) is 14.2 Å². The number of unbranched alkanes of at least 4 members (excludes halogenated alkanes) is 5. The zero-order valence-corrected chi connectivity index (χ0v) is 19.6. The highest BCUT2D eigenvalue weighted by Crippen LogP contribution is 2.23. The van der Waals surface area contributed by atoms with Gasteiger partial charge in [0.05, 0.1) is 13.2 Å². The Morgan fingerprint density at radius 1 is 0.875 bits per heavy atom. The van der Waals surface area contributed by atoms with E-state index in [-0.39, 0.29) is 18.4 Å². The standard InChI is InChI=1S/C28H40O4/c1-2-3-4-5-6-7-8-9-10-11-12-13-14-15-19-22-27(29)32-26-23-30-28(31-24-26)25-20-17-16-18-21-25/h3-4,6-7,9-10,16-18,20-21,26,28H,2,5,8,11-15,19,22-24H2,1H3/b4-3+,7-6+,10-9+. The molecule has 0 saturated carbocycles. The van der Waals surface area contributed by atoms with Gasteiger partial charge in [-0.1, -0.05) is 93.0 Å². The molecule has 0 aliphatic carbocycles. The third-order valence-electron chi connectivity index (χ3n) is 5.27. The van der Waals surface area contributed by atoms with E-state index in [2.05, 4.69) is 43.4 Å². The first-order valence-corrected chi connectivity index (χ1v) is 12.2. The fourth-order valence-electron chi connectivity index (χ4n) is 3.49. The number of hydrogen-bond acceptors (Lipinski definition) is 4. The quantitative estimate of drug-likeness (QED) is 0.164. The van der Waals surface area contributed by atoms with Crippen LogP contribution in [-0.4, -0.2) is 25.3 Å². The second-order valence-electron chi connectivity index (χ2n) is 8.12. The minimum absolute atomic E-state index is 0.151. The van der Waals surface area contributed by atoms with Gasteiger partial charge in [-0.15, -0.1) is 0 Å². The number of hydrogen-bond donors (Lipinski definition) is 0. The van der Waals surface area contributed by atoms with Crippen LogP contribution in [0.5, 0.6) is 0 Å². The molecule has 176 valence electrons. The monoisotopic (exact) mass is 440 g/mol. The predicted molar refractivity (Wildman–Crippen MR) is 130 cm³/mol. The number of rotatable bonds is 15. The van der Waals surface area contributed by atoms with Crippen LogP contribution in [0, 0.1) is 0 Å². The zero-order valence-electron chi connectivity index (χ0n) is 19.6. The molecule has 0 bridgehead atoms. The molecule has 0 unspecified atom stereocenters. The lowest BCUT2D eigenvalue weighted by Gasteiger charge is -2.29. The van der Waals surface area contributed by atoms with E-state index in [1.165, 1.54) is 19.3 Å². The van der Waals surface area contributed by atoms with Crippen molar-refractivity contribution in [1.82, 2.24) is 0 Å². The summed E-state index contributed by atoms with van der Waals surface area (Å²) < 4.78 is 16.9. The van der Waals surface area contributed by atoms with E-state index < -0.39 is 0 Å². The lowest BCUT2D eigenvalue weighted by molar-refractivity contribution is -0.229. The average Bonchev–Trinajstić information content (AvgIpc) is 2.82. The fraction of sp³-hybridized carbons (Fsp3) is 0.536. The Morgan fingerprint density at radius 2 is 1.50 bits per heavy atom. The summed E-state index contributed by atoms with van der Waals surface area (Å²) in [4.78, 5) is 12.0. The SMILES string of the molecule is CC/C=C/C/C=C/C/C=C/CCCCCCCC(=O)OC1COC(c2ccccc2)OC1. The van der Waals surface area contributed by atoms with E-state index >= 15 is 0 Å². The number of carbonyl (C=O) groups is 1. The summed E-state index contributed by atoms with van der Waals surface area (Å²) in [6, 6.07) is 9.82. The Kier molecular flexibility index (Phi) is 14.2. The molecular weight excluding hydrogens is 400 g/mol. The molecule has 0 amide bonds. The van der Waals surface area contributed by atoms with Gasteiger partial charge in [0.1, 0.15) is 6.10 Å². The maximum atomic E-state index is 12.0. The molecule has 4 nitrogen and oxygen atoms in total. The third-order valence-corrected chi connectivity index (χ3v) is 5.27. The molecule has 1 aliphatic heterocycles. The summed E-state index contributed by atoms with van der Waals surface area (Å²) >= 11 is 0. The molecular formula is C28H40O4. The van der Waals surface area contributed by atoms with Crippen LogP contribution >= 0.6 is 0 Å². The first kappa shape index (κ1) is 26.1. The van der Waals surface area contributed by atoms with E-state index in [1.54, 1.807) is 0 Å². The second kappa shape index (κ2) is 17.4. The van der Waals surface area contributed by atoms with Gasteiger partial charge in [0.2, 0.25) is 0 Å². The predicted octanol–water partition coefficient (Wildman–Crippen LogP) is 7.23. The number of carbonyl (C=O) groups excluding carboxylic acids is 1. The molecule has 1 aliphatic rings. The van der Waals surface area contributed by atoms with Crippen molar-refractivity contribution in [1.29, 1.82) is 0 Å². The molecule has 32 heavy (non-hydrogen) atoms. The molecule has 0 atom stereocenters. The summed E-state index contributed by atoms with van der Waals surface area (Å²) in [5.41, 5.74) is 0.986. The summed E-state index contributed by atoms with van der Waals surface area (Å²) in [6.07, 6.45) is 23.0. The van der Waals surface area contributed by atoms with Crippen LogP contribution in [0.25, 0.3) is 0 Å². The molecule has 0 aromatic heterocycles. The molecule has 1 saturated heterocycles. The Bertz CT molecular complexity index is 685. The van der Waals surface area contributed by atoms with Crippen molar-refractivity contribution in [2.24, 2.45) is 0 Å². The number of ether oxygens (including phenoxy) is 3. The van der Waals surface area contributed by atoms with Crippen LogP contribution < -0.4 is 0 Å². The van der Waals surface area contributed by atoms with Gasteiger partial charge < -0.3 is 14.2 Å². The zero-order chi connectivity index (χ0) is 22.7. The van der Waals surface area contributed by atoms with E-state index in [9.17, 15) is 4.79 Å². The van der Waals surface area contributed by atoms with Crippen molar-refractivity contribution in [3.8, 4) is 0 Å². The van der Waals surface area contributed by atoms with Crippen LogP contribution in [0.3, 0.4) is 0 Å². The van der Waals surface area contributed by atoms with Gasteiger partial charge in [0.25, 0.3) is 0 Å². The van der Waals surface area contributed by atoms with Crippen LogP contribution in [-0.2, 0) is 19.0 Å². The van der Waals surface area contributed by atoms with E-state index in [1.807, 2.05) is 30.3 Å². The van der Waals surface area contributed by atoms with Crippen molar-refractivity contribution >= 4 is 5.97 Å². The van der Waals surface area contributed by atoms with E-state index in [0.717, 1.165) is 44.1 Å². The molecule has 0 radical (unpaired) electrons. The number of esters is 1.